The van der Waals surface area contributed by atoms with E-state index in [-0.39, 0.29) is 11.9 Å². The second-order valence-electron chi connectivity index (χ2n) is 4.47. The van der Waals surface area contributed by atoms with E-state index < -0.39 is 0 Å². The van der Waals surface area contributed by atoms with Gasteiger partial charge < -0.3 is 10.6 Å². The van der Waals surface area contributed by atoms with Crippen LogP contribution in [-0.4, -0.2) is 29.2 Å². The highest BCUT2D eigenvalue weighted by atomic mass is 16.1. The van der Waals surface area contributed by atoms with Crippen LogP contribution >= 0.6 is 0 Å². The quantitative estimate of drug-likeness (QED) is 0.729. The molecule has 2 unspecified atom stereocenters. The lowest BCUT2D eigenvalue weighted by atomic mass is 10.0. The Balaban J connectivity index is 2.84. The second-order valence-corrected chi connectivity index (χ2v) is 4.47. The molecule has 1 amide bonds. The van der Waals surface area contributed by atoms with Gasteiger partial charge in [0.25, 0.3) is 0 Å². The van der Waals surface area contributed by atoms with Gasteiger partial charge in [0, 0.05) is 13.0 Å². The third-order valence-corrected chi connectivity index (χ3v) is 3.23. The van der Waals surface area contributed by atoms with Crippen LogP contribution in [0.3, 0.4) is 0 Å². The minimum Gasteiger partial charge on any atom is -0.368 e. The normalized spacial score (nSPS) is 23.7. The SMILES string of the molecule is CCCC1C/C(=N\C#N)N(C(CC)C(N)=O)C1. The van der Waals surface area contributed by atoms with E-state index >= 15 is 0 Å². The van der Waals surface area contributed by atoms with Crippen LogP contribution in [0.4, 0.5) is 0 Å². The van der Waals surface area contributed by atoms with E-state index in [0.717, 1.165) is 31.6 Å². The Morgan fingerprint density at radius 1 is 1.71 bits per heavy atom. The number of nitrogens with zero attached hydrogens (tertiary/aromatic N) is 3. The topological polar surface area (TPSA) is 82.5 Å². The van der Waals surface area contributed by atoms with E-state index in [1.165, 1.54) is 0 Å². The number of hydrogen-bond donors (Lipinski definition) is 1. The van der Waals surface area contributed by atoms with Crippen molar-refractivity contribution in [1.29, 1.82) is 5.26 Å². The summed E-state index contributed by atoms with van der Waals surface area (Å²) in [6.07, 6.45) is 5.44. The van der Waals surface area contributed by atoms with E-state index in [4.69, 9.17) is 11.0 Å². The number of amides is 1. The lowest BCUT2D eigenvalue weighted by Gasteiger charge is -2.26. The average Bonchev–Trinajstić information content (AvgIpc) is 2.63. The molecule has 0 aromatic rings. The standard InChI is InChI=1S/C12H20N4O/c1-3-5-9-6-11(15-8-13)16(7-9)10(4-2)12(14)17/h9-10H,3-7H2,1-2H3,(H2,14,17)/b15-11+. The number of nitrogens with two attached hydrogens (primary N) is 1. The summed E-state index contributed by atoms with van der Waals surface area (Å²) in [6.45, 7) is 4.84. The van der Waals surface area contributed by atoms with Crippen LogP contribution in [0.5, 0.6) is 0 Å². The molecular formula is C12H20N4O. The fourth-order valence-corrected chi connectivity index (χ4v) is 2.48. The summed E-state index contributed by atoms with van der Waals surface area (Å²) >= 11 is 0. The minimum atomic E-state index is -0.338. The molecule has 0 saturated carbocycles. The van der Waals surface area contributed by atoms with Crippen molar-refractivity contribution in [2.45, 2.75) is 45.6 Å². The van der Waals surface area contributed by atoms with Gasteiger partial charge in [-0.3, -0.25) is 4.79 Å². The second kappa shape index (κ2) is 6.24. The highest BCUT2D eigenvalue weighted by Gasteiger charge is 2.34. The Morgan fingerprint density at radius 3 is 2.88 bits per heavy atom. The van der Waals surface area contributed by atoms with E-state index in [0.29, 0.717) is 12.3 Å². The third kappa shape index (κ3) is 3.19. The summed E-state index contributed by atoms with van der Waals surface area (Å²) in [4.78, 5) is 17.1. The van der Waals surface area contributed by atoms with E-state index in [9.17, 15) is 4.79 Å². The van der Waals surface area contributed by atoms with Crippen molar-refractivity contribution in [2.75, 3.05) is 6.54 Å². The van der Waals surface area contributed by atoms with E-state index in [1.54, 1.807) is 0 Å². The highest BCUT2D eigenvalue weighted by molar-refractivity contribution is 5.91. The summed E-state index contributed by atoms with van der Waals surface area (Å²) in [7, 11) is 0. The van der Waals surface area contributed by atoms with Crippen molar-refractivity contribution in [3.63, 3.8) is 0 Å². The Kier molecular flexibility index (Phi) is 4.95. The lowest BCUT2D eigenvalue weighted by molar-refractivity contribution is -0.122. The molecule has 1 aliphatic heterocycles. The van der Waals surface area contributed by atoms with Crippen LogP contribution in [0.25, 0.3) is 0 Å². The summed E-state index contributed by atoms with van der Waals surface area (Å²) in [6, 6.07) is -0.330. The zero-order chi connectivity index (χ0) is 12.8. The van der Waals surface area contributed by atoms with Crippen molar-refractivity contribution >= 4 is 11.7 Å². The maximum absolute atomic E-state index is 11.4. The van der Waals surface area contributed by atoms with Gasteiger partial charge in [0.2, 0.25) is 12.1 Å². The van der Waals surface area contributed by atoms with Gasteiger partial charge in [0.05, 0.1) is 0 Å². The summed E-state index contributed by atoms with van der Waals surface area (Å²) in [5, 5.41) is 8.67. The van der Waals surface area contributed by atoms with Gasteiger partial charge in [0.1, 0.15) is 11.9 Å². The molecule has 0 spiro atoms. The number of primary amides is 1. The fourth-order valence-electron chi connectivity index (χ4n) is 2.48. The molecule has 1 saturated heterocycles. The number of hydrogen-bond acceptors (Lipinski definition) is 3. The van der Waals surface area contributed by atoms with Gasteiger partial charge in [-0.05, 0) is 18.8 Å². The molecule has 94 valence electrons. The zero-order valence-electron chi connectivity index (χ0n) is 10.5. The van der Waals surface area contributed by atoms with Gasteiger partial charge in [0.15, 0.2) is 0 Å². The van der Waals surface area contributed by atoms with Crippen LogP contribution in [-0.2, 0) is 4.79 Å². The van der Waals surface area contributed by atoms with Crippen molar-refractivity contribution < 1.29 is 4.79 Å². The van der Waals surface area contributed by atoms with Crippen molar-refractivity contribution in [1.82, 2.24) is 4.90 Å². The average molecular weight is 236 g/mol. The first-order valence-electron chi connectivity index (χ1n) is 6.15. The summed E-state index contributed by atoms with van der Waals surface area (Å²) in [5.74, 6) is 0.868. The molecule has 0 aromatic heterocycles. The zero-order valence-corrected chi connectivity index (χ0v) is 10.5. The Morgan fingerprint density at radius 2 is 2.41 bits per heavy atom. The molecule has 2 atom stereocenters. The first-order chi connectivity index (χ1) is 8.13. The van der Waals surface area contributed by atoms with E-state index in [2.05, 4.69) is 11.9 Å². The Labute approximate surface area is 102 Å². The van der Waals surface area contributed by atoms with Gasteiger partial charge in [-0.2, -0.15) is 10.3 Å². The molecule has 0 aromatic carbocycles. The number of aliphatic imine (C=N–C) groups is 1. The molecule has 0 bridgehead atoms. The fraction of sp³-hybridized carbons (Fsp3) is 0.750. The molecule has 5 heteroatoms. The number of nitriles is 1. The van der Waals surface area contributed by atoms with Crippen LogP contribution in [0.1, 0.15) is 39.5 Å². The lowest BCUT2D eigenvalue weighted by Crippen LogP contribution is -2.45. The number of carbonyl (C=O) groups excluding carboxylic acids is 1. The van der Waals surface area contributed by atoms with E-state index in [1.807, 2.05) is 18.0 Å². The number of amidine groups is 1. The monoisotopic (exact) mass is 236 g/mol. The van der Waals surface area contributed by atoms with Crippen molar-refractivity contribution in [3.8, 4) is 6.19 Å². The highest BCUT2D eigenvalue weighted by Crippen LogP contribution is 2.25. The molecule has 2 N–H and O–H groups in total. The molecule has 1 aliphatic rings. The van der Waals surface area contributed by atoms with Gasteiger partial charge >= 0.3 is 0 Å². The van der Waals surface area contributed by atoms with Crippen LogP contribution in [0, 0.1) is 17.4 Å². The molecule has 1 rings (SSSR count). The number of carbonyl (C=O) groups is 1. The Hall–Kier alpha value is -1.57. The summed E-state index contributed by atoms with van der Waals surface area (Å²) < 4.78 is 0. The van der Waals surface area contributed by atoms with Crippen molar-refractivity contribution in [3.05, 3.63) is 0 Å². The maximum Gasteiger partial charge on any atom is 0.240 e. The predicted octanol–water partition coefficient (Wildman–Crippen LogP) is 1.25. The molecule has 1 heterocycles. The molecule has 1 fully saturated rings. The first-order valence-corrected chi connectivity index (χ1v) is 6.15. The largest absolute Gasteiger partial charge is 0.368 e. The smallest absolute Gasteiger partial charge is 0.240 e. The molecule has 5 nitrogen and oxygen atoms in total. The Bertz CT molecular complexity index is 345. The number of rotatable bonds is 5. The molecule has 0 radical (unpaired) electrons. The molecule has 17 heavy (non-hydrogen) atoms. The van der Waals surface area contributed by atoms with Crippen LogP contribution < -0.4 is 5.73 Å². The predicted molar refractivity (Wildman–Crippen MR) is 66.0 cm³/mol. The third-order valence-electron chi connectivity index (χ3n) is 3.23. The van der Waals surface area contributed by atoms with Crippen LogP contribution in [0.2, 0.25) is 0 Å². The maximum atomic E-state index is 11.4. The van der Waals surface area contributed by atoms with Gasteiger partial charge in [-0.25, -0.2) is 0 Å². The first kappa shape index (κ1) is 13.5. The minimum absolute atomic E-state index is 0.330. The molecule has 0 aliphatic carbocycles. The van der Waals surface area contributed by atoms with Crippen LogP contribution in [0.15, 0.2) is 4.99 Å². The van der Waals surface area contributed by atoms with Crippen molar-refractivity contribution in [2.24, 2.45) is 16.6 Å². The van der Waals surface area contributed by atoms with Gasteiger partial charge in [-0.15, -0.1) is 0 Å². The molecular weight excluding hydrogens is 216 g/mol. The number of likely N-dealkylation sites (tertiary alicyclic amines) is 1. The van der Waals surface area contributed by atoms with Gasteiger partial charge in [-0.1, -0.05) is 20.3 Å². The summed E-state index contributed by atoms with van der Waals surface area (Å²) in [5.41, 5.74) is 5.39.